The second kappa shape index (κ2) is 42.5. The van der Waals surface area contributed by atoms with E-state index >= 15 is 0 Å². The summed E-state index contributed by atoms with van der Waals surface area (Å²) in [5, 5.41) is 66.7. The van der Waals surface area contributed by atoms with Gasteiger partial charge in [-0.05, 0) is 113 Å². The van der Waals surface area contributed by atoms with Crippen molar-refractivity contribution in [3.63, 3.8) is 0 Å². The maximum atomic E-state index is 14.5. The number of benzene rings is 1. The molecule has 0 aromatic heterocycles. The van der Waals surface area contributed by atoms with Crippen molar-refractivity contribution in [1.82, 2.24) is 31.9 Å². The van der Waals surface area contributed by atoms with Crippen LogP contribution in [0.25, 0.3) is 0 Å². The lowest BCUT2D eigenvalue weighted by atomic mass is 9.89. The molecule has 0 heterocycles. The van der Waals surface area contributed by atoms with Crippen LogP contribution in [0.1, 0.15) is 137 Å². The Morgan fingerprint density at radius 1 is 0.528 bits per heavy atom. The first-order valence-electron chi connectivity index (χ1n) is 30.1. The van der Waals surface area contributed by atoms with Gasteiger partial charge in [-0.3, -0.25) is 57.9 Å². The number of aliphatic imine (C=N–C) groups is 2. The van der Waals surface area contributed by atoms with E-state index in [4.69, 9.17) is 28.7 Å². The van der Waals surface area contributed by atoms with Crippen molar-refractivity contribution < 1.29 is 78.3 Å². The first-order chi connectivity index (χ1) is 41.8. The van der Waals surface area contributed by atoms with Crippen LogP contribution >= 0.6 is 11.8 Å². The van der Waals surface area contributed by atoms with Crippen molar-refractivity contribution in [3.8, 4) is 5.75 Å². The summed E-state index contributed by atoms with van der Waals surface area (Å²) in [4.78, 5) is 158. The number of ketones is 3. The second-order valence-corrected chi connectivity index (χ2v) is 24.2. The normalized spacial score (nSPS) is 15.0. The number of unbranched alkanes of at least 4 members (excludes halogenated alkanes) is 1. The van der Waals surface area contributed by atoms with Gasteiger partial charge in [-0.2, -0.15) is 11.8 Å². The predicted molar refractivity (Wildman–Crippen MR) is 335 cm³/mol. The maximum absolute atomic E-state index is 14.5. The number of phenols is 1. The van der Waals surface area contributed by atoms with Gasteiger partial charge in [-0.15, -0.1) is 0 Å². The quantitative estimate of drug-likeness (QED) is 0.0216. The number of carboxylic acids is 2. The Morgan fingerprint density at radius 3 is 1.52 bits per heavy atom. The molecule has 11 atom stereocenters. The molecule has 89 heavy (non-hydrogen) atoms. The van der Waals surface area contributed by atoms with Crippen LogP contribution in [-0.2, 0) is 59.2 Å². The number of hydrogen-bond donors (Lipinski definition) is 16. The monoisotopic (exact) mass is 1280 g/mol. The third kappa shape index (κ3) is 32.6. The fourth-order valence-corrected chi connectivity index (χ4v) is 10.0. The molecular weight excluding hydrogens is 1180 g/mol. The van der Waals surface area contributed by atoms with Crippen molar-refractivity contribution in [2.75, 3.05) is 38.2 Å². The number of aliphatic hydroxyl groups is 2. The zero-order chi connectivity index (χ0) is 67.5. The summed E-state index contributed by atoms with van der Waals surface area (Å²) in [5.41, 5.74) is 28.0. The number of hydrogen-bond acceptors (Lipinski definition) is 18. The number of Topliss-reactive ketones (excluding diaryl/α,β-unsaturated/α-hetero) is 3. The lowest BCUT2D eigenvalue weighted by molar-refractivity contribution is -0.143. The summed E-state index contributed by atoms with van der Waals surface area (Å²) in [5.74, 6) is -15.4. The van der Waals surface area contributed by atoms with Gasteiger partial charge in [0.25, 0.3) is 0 Å². The number of phenolic OH excluding ortho intramolecular Hbond substituents is 1. The van der Waals surface area contributed by atoms with Crippen LogP contribution in [-0.4, -0.2) is 183 Å². The number of nitrogens with one attached hydrogen (secondary N) is 6. The first-order valence-corrected chi connectivity index (χ1v) is 31.4. The Hall–Kier alpha value is -7.44. The Labute approximate surface area is 524 Å². The van der Waals surface area contributed by atoms with Crippen molar-refractivity contribution >= 4 is 88.4 Å². The van der Waals surface area contributed by atoms with Gasteiger partial charge in [0.15, 0.2) is 29.3 Å². The van der Waals surface area contributed by atoms with Crippen LogP contribution in [0, 0.1) is 35.5 Å². The van der Waals surface area contributed by atoms with Crippen molar-refractivity contribution in [3.05, 3.63) is 29.8 Å². The number of carboxylic acid groups (broad SMARTS) is 2. The van der Waals surface area contributed by atoms with E-state index in [9.17, 15) is 78.3 Å². The standard InChI is InChI=1S/C59H99N13O16S/c1-32(2)24-34(5)51(81)67-41(13-10-21-65-58(61)62)47(76)28-38(31-73)53(83)68-42(19-23-89-7)49(78)29-40(35(6)74)54(84)70-44(30-50(79)80)48(77)27-37(12-8-9-20-60)52(82)71-45(26-36-15-17-39(75)18-16-36)56(86)69-43(14-11-22-66-59(63)64)55(85)72-46(57(87)88)25-33(3)4/h15-18,32-35,37-38,40-46,73-75H,8-14,19-31,60H2,1-7H3,(H,67,81)(H,68,83)(H,69,86)(H,70,84)(H,71,82)(H,72,85)(H,79,80)(H,87,88)(H4,61,62,65)(H4,63,64,66)/t34-,35+,37+,38-,40-,41-,42-,43-,44-,45-,46-/m0/s1. The summed E-state index contributed by atoms with van der Waals surface area (Å²) < 4.78 is 0. The van der Waals surface area contributed by atoms with E-state index in [1.807, 2.05) is 13.8 Å². The van der Waals surface area contributed by atoms with Gasteiger partial charge in [0.05, 0.1) is 49.1 Å². The molecule has 0 aliphatic rings. The molecule has 21 N–H and O–H groups in total. The van der Waals surface area contributed by atoms with E-state index in [1.54, 1.807) is 27.0 Å². The molecule has 29 nitrogen and oxygen atoms in total. The lowest BCUT2D eigenvalue weighted by Crippen LogP contribution is -2.57. The molecule has 0 unspecified atom stereocenters. The minimum atomic E-state index is -1.85. The highest BCUT2D eigenvalue weighted by atomic mass is 32.2. The Kier molecular flexibility index (Phi) is 38.0. The van der Waals surface area contributed by atoms with Gasteiger partial charge >= 0.3 is 11.9 Å². The highest BCUT2D eigenvalue weighted by Crippen LogP contribution is 2.22. The molecule has 1 aromatic carbocycles. The Balaban J connectivity index is 3.60. The number of amides is 6. The second-order valence-electron chi connectivity index (χ2n) is 23.2. The molecule has 6 amide bonds. The zero-order valence-corrected chi connectivity index (χ0v) is 53.2. The number of carbonyl (C=O) groups excluding carboxylic acids is 9. The predicted octanol–water partition coefficient (Wildman–Crippen LogP) is -0.780. The largest absolute Gasteiger partial charge is 0.508 e. The summed E-state index contributed by atoms with van der Waals surface area (Å²) in [6.45, 7) is 9.76. The van der Waals surface area contributed by atoms with E-state index in [0.717, 1.165) is 0 Å². The van der Waals surface area contributed by atoms with E-state index in [2.05, 4.69) is 41.9 Å². The van der Waals surface area contributed by atoms with Gasteiger partial charge in [0.1, 0.15) is 23.9 Å². The molecule has 0 aliphatic heterocycles. The molecule has 0 aliphatic carbocycles. The molecular formula is C59H99N13O16S. The molecule has 30 heteroatoms. The van der Waals surface area contributed by atoms with Gasteiger partial charge in [0.2, 0.25) is 35.4 Å². The van der Waals surface area contributed by atoms with E-state index < -0.39 is 163 Å². The molecule has 0 fully saturated rings. The molecule has 1 rings (SSSR count). The fourth-order valence-electron chi connectivity index (χ4n) is 9.57. The van der Waals surface area contributed by atoms with Gasteiger partial charge in [0, 0.05) is 50.6 Å². The lowest BCUT2D eigenvalue weighted by Gasteiger charge is -2.27. The van der Waals surface area contributed by atoms with Crippen LogP contribution in [0.2, 0.25) is 0 Å². The average Bonchev–Trinajstić information content (AvgIpc) is 3.66. The summed E-state index contributed by atoms with van der Waals surface area (Å²) in [6, 6.07) is -2.92. The third-order valence-electron chi connectivity index (χ3n) is 14.4. The fraction of sp³-hybridized carbons (Fsp3) is 0.678. The van der Waals surface area contributed by atoms with Gasteiger partial charge < -0.3 is 86.1 Å². The highest BCUT2D eigenvalue weighted by Gasteiger charge is 2.38. The summed E-state index contributed by atoms with van der Waals surface area (Å²) in [6.07, 6.45) is -1.69. The summed E-state index contributed by atoms with van der Waals surface area (Å²) in [7, 11) is 0. The number of guanidine groups is 2. The van der Waals surface area contributed by atoms with Crippen LogP contribution < -0.4 is 60.6 Å². The van der Waals surface area contributed by atoms with E-state index in [0.29, 0.717) is 18.4 Å². The van der Waals surface area contributed by atoms with Crippen molar-refractivity contribution in [2.24, 2.45) is 74.2 Å². The van der Waals surface area contributed by atoms with Crippen molar-refractivity contribution in [1.29, 1.82) is 0 Å². The van der Waals surface area contributed by atoms with Gasteiger partial charge in [-0.25, -0.2) is 4.79 Å². The van der Waals surface area contributed by atoms with Crippen LogP contribution in [0.3, 0.4) is 0 Å². The number of rotatable bonds is 47. The Morgan fingerprint density at radius 2 is 1.00 bits per heavy atom. The number of carbonyl (C=O) groups is 11. The minimum absolute atomic E-state index is 0.0172. The first kappa shape index (κ1) is 79.6. The number of aliphatic carboxylic acids is 2. The number of nitrogens with zero attached hydrogens (tertiary/aromatic N) is 2. The maximum Gasteiger partial charge on any atom is 0.326 e. The molecule has 1 aromatic rings. The molecule has 0 radical (unpaired) electrons. The average molecular weight is 1280 g/mol. The van der Waals surface area contributed by atoms with E-state index in [-0.39, 0.29) is 113 Å². The zero-order valence-electron chi connectivity index (χ0n) is 52.4. The van der Waals surface area contributed by atoms with Crippen LogP contribution in [0.5, 0.6) is 5.75 Å². The molecule has 0 bridgehead atoms. The highest BCUT2D eigenvalue weighted by molar-refractivity contribution is 7.98. The number of aromatic hydroxyl groups is 1. The number of thioether (sulfide) groups is 1. The van der Waals surface area contributed by atoms with E-state index in [1.165, 1.54) is 43.0 Å². The molecule has 0 spiro atoms. The summed E-state index contributed by atoms with van der Waals surface area (Å²) >= 11 is 1.31. The number of aliphatic hydroxyl groups excluding tert-OH is 2. The Bertz CT molecular complexity index is 2530. The topological polar surface area (TPSA) is 516 Å². The molecule has 502 valence electrons. The van der Waals surface area contributed by atoms with Crippen molar-refractivity contribution in [2.45, 2.75) is 180 Å². The number of nitrogens with two attached hydrogens (primary N) is 5. The molecule has 0 saturated heterocycles. The SMILES string of the molecule is CSCC[C@H](NC(=O)[C@H](CO)CC(=O)[C@H](CCCN=C(N)N)NC(=O)[C@@H](C)CC(C)C)C(=O)C[C@H](C(=O)N[C@@H](CC(=O)O)C(=O)C[C@@H](CCCCN)C(=O)N[C@@H](Cc1ccc(O)cc1)C(=O)N[C@@H](CCCN=C(N)N)C(=O)N[C@@H](CC(C)C)C(=O)O)[C@@H](C)O. The minimum Gasteiger partial charge on any atom is -0.508 e. The van der Waals surface area contributed by atoms with Crippen LogP contribution in [0.4, 0.5) is 0 Å². The molecule has 0 saturated carbocycles. The van der Waals surface area contributed by atoms with Gasteiger partial charge in [-0.1, -0.05) is 53.2 Å². The van der Waals surface area contributed by atoms with Crippen LogP contribution in [0.15, 0.2) is 34.3 Å². The smallest absolute Gasteiger partial charge is 0.326 e. The third-order valence-corrected chi connectivity index (χ3v) is 15.1.